The molecule has 4 nitrogen and oxygen atoms in total. The molecule has 1 amide bonds. The molecule has 1 aromatic heterocycles. The van der Waals surface area contributed by atoms with E-state index in [-0.39, 0.29) is 5.91 Å². The van der Waals surface area contributed by atoms with Crippen LogP contribution in [0.2, 0.25) is 0 Å². The van der Waals surface area contributed by atoms with E-state index in [1.807, 2.05) is 12.1 Å². The lowest BCUT2D eigenvalue weighted by Gasteiger charge is -2.11. The van der Waals surface area contributed by atoms with Gasteiger partial charge in [0.2, 0.25) is 5.91 Å². The standard InChI is InChI=1S/C16H17N3OS/c1-3-15(20)18-14-9-12-8-13(5-4-11(12)10-17-14)21-19-16(2)6-7-16/h3-5,8-10,19H,1,6-7H2,2H3,(H,17,18,20). The number of fused-ring (bicyclic) bond motifs is 1. The number of hydrogen-bond acceptors (Lipinski definition) is 4. The third-order valence-corrected chi connectivity index (χ3v) is 4.63. The summed E-state index contributed by atoms with van der Waals surface area (Å²) in [5.74, 6) is 0.285. The van der Waals surface area contributed by atoms with Crippen LogP contribution in [0, 0.1) is 0 Å². The SMILES string of the molecule is C=CC(=O)Nc1cc2cc(SNC3(C)CC3)ccc2cn1. The summed E-state index contributed by atoms with van der Waals surface area (Å²) in [4.78, 5) is 16.7. The van der Waals surface area contributed by atoms with E-state index >= 15 is 0 Å². The first-order chi connectivity index (χ1) is 10.1. The summed E-state index contributed by atoms with van der Waals surface area (Å²) in [6.45, 7) is 5.67. The molecule has 1 aliphatic carbocycles. The number of aromatic nitrogens is 1. The summed E-state index contributed by atoms with van der Waals surface area (Å²) >= 11 is 1.66. The van der Waals surface area contributed by atoms with Crippen LogP contribution in [0.1, 0.15) is 19.8 Å². The Morgan fingerprint density at radius 3 is 2.90 bits per heavy atom. The highest BCUT2D eigenvalue weighted by Gasteiger charge is 2.36. The first-order valence-corrected chi connectivity index (χ1v) is 7.67. The Hall–Kier alpha value is -1.85. The number of pyridine rings is 1. The maximum Gasteiger partial charge on any atom is 0.248 e. The number of anilines is 1. The van der Waals surface area contributed by atoms with E-state index in [0.717, 1.165) is 15.7 Å². The summed E-state index contributed by atoms with van der Waals surface area (Å²) in [6.07, 6.45) is 5.46. The molecule has 3 rings (SSSR count). The number of benzene rings is 1. The average molecular weight is 299 g/mol. The van der Waals surface area contributed by atoms with Crippen LogP contribution in [0.3, 0.4) is 0 Å². The number of nitrogens with zero attached hydrogens (tertiary/aromatic N) is 1. The fraction of sp³-hybridized carbons (Fsp3) is 0.250. The molecule has 2 aromatic rings. The first kappa shape index (κ1) is 14.1. The van der Waals surface area contributed by atoms with Gasteiger partial charge in [0.25, 0.3) is 0 Å². The van der Waals surface area contributed by atoms with Gasteiger partial charge in [-0.15, -0.1) is 0 Å². The van der Waals surface area contributed by atoms with Crippen molar-refractivity contribution in [2.75, 3.05) is 5.32 Å². The summed E-state index contributed by atoms with van der Waals surface area (Å²) in [7, 11) is 0. The third-order valence-electron chi connectivity index (χ3n) is 3.55. The lowest BCUT2D eigenvalue weighted by atomic mass is 10.2. The van der Waals surface area contributed by atoms with E-state index < -0.39 is 0 Å². The average Bonchev–Trinajstić information content (AvgIpc) is 3.23. The predicted octanol–water partition coefficient (Wildman–Crippen LogP) is 3.51. The van der Waals surface area contributed by atoms with Crippen LogP contribution in [-0.2, 0) is 4.79 Å². The molecule has 0 radical (unpaired) electrons. The van der Waals surface area contributed by atoms with Gasteiger partial charge in [-0.05, 0) is 61.4 Å². The van der Waals surface area contributed by atoms with E-state index in [1.165, 1.54) is 18.9 Å². The second-order valence-corrected chi connectivity index (χ2v) is 6.42. The van der Waals surface area contributed by atoms with Gasteiger partial charge in [-0.1, -0.05) is 12.6 Å². The molecular formula is C16H17N3OS. The molecule has 1 saturated carbocycles. The smallest absolute Gasteiger partial charge is 0.248 e. The fourth-order valence-electron chi connectivity index (χ4n) is 1.90. The van der Waals surface area contributed by atoms with E-state index in [4.69, 9.17) is 0 Å². The van der Waals surface area contributed by atoms with Crippen LogP contribution in [0.15, 0.2) is 48.0 Å². The number of carbonyl (C=O) groups excluding carboxylic acids is 1. The van der Waals surface area contributed by atoms with Gasteiger partial charge in [0, 0.05) is 22.0 Å². The van der Waals surface area contributed by atoms with Crippen molar-refractivity contribution in [2.24, 2.45) is 0 Å². The van der Waals surface area contributed by atoms with Gasteiger partial charge in [0.1, 0.15) is 5.82 Å². The van der Waals surface area contributed by atoms with Gasteiger partial charge in [0.05, 0.1) is 0 Å². The first-order valence-electron chi connectivity index (χ1n) is 6.85. The van der Waals surface area contributed by atoms with E-state index in [9.17, 15) is 4.79 Å². The number of amides is 1. The predicted molar refractivity (Wildman–Crippen MR) is 87.2 cm³/mol. The number of rotatable bonds is 5. The molecule has 0 atom stereocenters. The molecule has 0 spiro atoms. The summed E-state index contributed by atoms with van der Waals surface area (Å²) in [6, 6.07) is 8.10. The van der Waals surface area contributed by atoms with Gasteiger partial charge >= 0.3 is 0 Å². The van der Waals surface area contributed by atoms with Crippen molar-refractivity contribution in [3.05, 3.63) is 43.1 Å². The Kier molecular flexibility index (Phi) is 3.69. The molecule has 5 heteroatoms. The van der Waals surface area contributed by atoms with Gasteiger partial charge in [0.15, 0.2) is 0 Å². The van der Waals surface area contributed by atoms with Crippen molar-refractivity contribution in [3.63, 3.8) is 0 Å². The molecule has 108 valence electrons. The Bertz CT molecular complexity index is 710. The molecule has 1 fully saturated rings. The molecule has 0 aliphatic heterocycles. The Morgan fingerprint density at radius 2 is 2.19 bits per heavy atom. The summed E-state index contributed by atoms with van der Waals surface area (Å²) in [5.41, 5.74) is 0.293. The fourth-order valence-corrected chi connectivity index (χ4v) is 2.79. The van der Waals surface area contributed by atoms with Crippen molar-refractivity contribution in [2.45, 2.75) is 30.2 Å². The maximum absolute atomic E-state index is 11.3. The van der Waals surface area contributed by atoms with Crippen LogP contribution in [0.4, 0.5) is 5.82 Å². The monoisotopic (exact) mass is 299 g/mol. The number of nitrogens with one attached hydrogen (secondary N) is 2. The molecule has 1 heterocycles. The maximum atomic E-state index is 11.3. The molecule has 1 aliphatic rings. The molecule has 0 saturated heterocycles. The van der Waals surface area contributed by atoms with Crippen LogP contribution >= 0.6 is 11.9 Å². The zero-order valence-electron chi connectivity index (χ0n) is 11.8. The Labute approximate surface area is 128 Å². The van der Waals surface area contributed by atoms with Crippen molar-refractivity contribution in [1.82, 2.24) is 9.71 Å². The zero-order chi connectivity index (χ0) is 14.9. The molecule has 0 bridgehead atoms. The minimum Gasteiger partial charge on any atom is -0.307 e. The number of hydrogen-bond donors (Lipinski definition) is 2. The summed E-state index contributed by atoms with van der Waals surface area (Å²) in [5, 5.41) is 4.78. The van der Waals surface area contributed by atoms with Crippen molar-refractivity contribution < 1.29 is 4.79 Å². The minimum absolute atomic E-state index is 0.254. The summed E-state index contributed by atoms with van der Waals surface area (Å²) < 4.78 is 3.49. The number of carbonyl (C=O) groups is 1. The van der Waals surface area contributed by atoms with Gasteiger partial charge in [-0.2, -0.15) is 0 Å². The van der Waals surface area contributed by atoms with Crippen LogP contribution in [0.25, 0.3) is 10.8 Å². The van der Waals surface area contributed by atoms with Crippen LogP contribution < -0.4 is 10.0 Å². The zero-order valence-corrected chi connectivity index (χ0v) is 12.7. The molecule has 1 aromatic carbocycles. The lowest BCUT2D eigenvalue weighted by molar-refractivity contribution is -0.111. The Morgan fingerprint density at radius 1 is 1.38 bits per heavy atom. The second-order valence-electron chi connectivity index (χ2n) is 5.54. The highest BCUT2D eigenvalue weighted by atomic mass is 32.2. The second kappa shape index (κ2) is 5.50. The molecule has 21 heavy (non-hydrogen) atoms. The molecule has 2 N–H and O–H groups in total. The largest absolute Gasteiger partial charge is 0.307 e. The quantitative estimate of drug-likeness (QED) is 0.655. The molecule has 0 unspecified atom stereocenters. The van der Waals surface area contributed by atoms with Crippen LogP contribution in [-0.4, -0.2) is 16.4 Å². The van der Waals surface area contributed by atoms with E-state index in [0.29, 0.717) is 11.4 Å². The van der Waals surface area contributed by atoms with E-state index in [1.54, 1.807) is 18.1 Å². The van der Waals surface area contributed by atoms with Crippen molar-refractivity contribution in [3.8, 4) is 0 Å². The van der Waals surface area contributed by atoms with Gasteiger partial charge in [-0.3, -0.25) is 9.52 Å². The normalized spacial score (nSPS) is 15.7. The molecular weight excluding hydrogens is 282 g/mol. The van der Waals surface area contributed by atoms with Gasteiger partial charge < -0.3 is 5.32 Å². The van der Waals surface area contributed by atoms with Gasteiger partial charge in [-0.25, -0.2) is 4.98 Å². The van der Waals surface area contributed by atoms with Crippen LogP contribution in [0.5, 0.6) is 0 Å². The highest BCUT2D eigenvalue weighted by Crippen LogP contribution is 2.37. The Balaban J connectivity index is 1.80. The minimum atomic E-state index is -0.254. The van der Waals surface area contributed by atoms with Crippen molar-refractivity contribution in [1.29, 1.82) is 0 Å². The van der Waals surface area contributed by atoms with E-state index in [2.05, 4.69) is 40.7 Å². The third kappa shape index (κ3) is 3.43. The topological polar surface area (TPSA) is 54.0 Å². The van der Waals surface area contributed by atoms with Crippen molar-refractivity contribution >= 4 is 34.4 Å². The highest BCUT2D eigenvalue weighted by molar-refractivity contribution is 7.97. The lowest BCUT2D eigenvalue weighted by Crippen LogP contribution is -2.19.